The number of hydrogen-bond acceptors (Lipinski definition) is 4. The summed E-state index contributed by atoms with van der Waals surface area (Å²) < 4.78 is 38.9. The van der Waals surface area contributed by atoms with Crippen molar-refractivity contribution in [2.45, 2.75) is 64.1 Å². The second kappa shape index (κ2) is 11.2. The van der Waals surface area contributed by atoms with E-state index in [0.29, 0.717) is 18.0 Å². The van der Waals surface area contributed by atoms with Gasteiger partial charge in [-0.1, -0.05) is 6.07 Å². The number of rotatable bonds is 8. The number of carbonyl (C=O) groups excluding carboxylic acids is 2. The number of carbonyl (C=O) groups is 2. The van der Waals surface area contributed by atoms with Crippen LogP contribution in [0.1, 0.15) is 57.4 Å². The topological polar surface area (TPSA) is 52.7 Å². The number of nitrogens with one attached hydrogen (secondary N) is 1. The first-order chi connectivity index (χ1) is 15.2. The molecular formula is C24H34F3N3O2. The standard InChI is InChI=1S/C24H34F3N3O2/c1-18(31)5-10-23(32)28-21-8-6-19(7-9-21)11-12-29-13-15-30(16-14-29)22-4-2-3-20(17-22)24(25,26)27/h2-4,17,19,21H,5-16H2,1H3,(H,28,32)/t19-,21-. The van der Waals surface area contributed by atoms with Crippen molar-refractivity contribution >= 4 is 17.4 Å². The van der Waals surface area contributed by atoms with Crippen molar-refractivity contribution in [3.05, 3.63) is 29.8 Å². The number of hydrogen-bond donors (Lipinski definition) is 1. The fraction of sp³-hybridized carbons (Fsp3) is 0.667. The number of anilines is 1. The first kappa shape index (κ1) is 24.6. The van der Waals surface area contributed by atoms with Crippen molar-refractivity contribution in [1.82, 2.24) is 10.2 Å². The van der Waals surface area contributed by atoms with Crippen LogP contribution in [0.2, 0.25) is 0 Å². The molecule has 0 spiro atoms. The second-order valence-corrected chi connectivity index (χ2v) is 9.15. The van der Waals surface area contributed by atoms with Crippen LogP contribution in [-0.4, -0.2) is 55.4 Å². The Balaban J connectivity index is 1.34. The van der Waals surface area contributed by atoms with Gasteiger partial charge in [-0.15, -0.1) is 0 Å². The Kier molecular flexibility index (Phi) is 8.57. The first-order valence-electron chi connectivity index (χ1n) is 11.6. The Bertz CT molecular complexity index is 768. The lowest BCUT2D eigenvalue weighted by atomic mass is 9.84. The van der Waals surface area contributed by atoms with Crippen LogP contribution >= 0.6 is 0 Å². The number of piperazine rings is 1. The molecule has 0 radical (unpaired) electrons. The molecular weight excluding hydrogens is 419 g/mol. The van der Waals surface area contributed by atoms with Gasteiger partial charge in [-0.25, -0.2) is 0 Å². The number of Topliss-reactive ketones (excluding diaryl/α,β-unsaturated/α-hetero) is 1. The smallest absolute Gasteiger partial charge is 0.369 e. The Labute approximate surface area is 188 Å². The minimum Gasteiger partial charge on any atom is -0.369 e. The summed E-state index contributed by atoms with van der Waals surface area (Å²) in [7, 11) is 0. The van der Waals surface area contributed by atoms with Crippen molar-refractivity contribution in [2.24, 2.45) is 5.92 Å². The predicted octanol–water partition coefficient (Wildman–Crippen LogP) is 4.26. The van der Waals surface area contributed by atoms with Gasteiger partial charge in [0.1, 0.15) is 5.78 Å². The van der Waals surface area contributed by atoms with Gasteiger partial charge in [-0.2, -0.15) is 13.2 Å². The second-order valence-electron chi connectivity index (χ2n) is 9.15. The maximum absolute atomic E-state index is 13.0. The van der Waals surface area contributed by atoms with Gasteiger partial charge in [0.05, 0.1) is 5.56 Å². The van der Waals surface area contributed by atoms with Gasteiger partial charge in [0, 0.05) is 50.7 Å². The zero-order chi connectivity index (χ0) is 23.1. The molecule has 1 N–H and O–H groups in total. The van der Waals surface area contributed by atoms with Crippen molar-refractivity contribution in [3.8, 4) is 0 Å². The van der Waals surface area contributed by atoms with Crippen LogP contribution in [0.5, 0.6) is 0 Å². The normalized spacial score (nSPS) is 22.6. The summed E-state index contributed by atoms with van der Waals surface area (Å²) in [5.41, 5.74) is 0.0474. The van der Waals surface area contributed by atoms with E-state index in [1.54, 1.807) is 6.07 Å². The van der Waals surface area contributed by atoms with Crippen LogP contribution in [0.3, 0.4) is 0 Å². The summed E-state index contributed by atoms with van der Waals surface area (Å²) in [6, 6.07) is 5.81. The van der Waals surface area contributed by atoms with Crippen LogP contribution in [-0.2, 0) is 15.8 Å². The molecule has 1 aromatic carbocycles. The average molecular weight is 454 g/mol. The molecule has 2 aliphatic rings. The molecule has 8 heteroatoms. The Morgan fingerprint density at radius 2 is 1.72 bits per heavy atom. The molecule has 5 nitrogen and oxygen atoms in total. The number of ketones is 1. The van der Waals surface area contributed by atoms with E-state index < -0.39 is 11.7 Å². The highest BCUT2D eigenvalue weighted by molar-refractivity contribution is 5.83. The zero-order valence-corrected chi connectivity index (χ0v) is 18.8. The van der Waals surface area contributed by atoms with Crippen molar-refractivity contribution in [3.63, 3.8) is 0 Å². The third-order valence-corrected chi connectivity index (χ3v) is 6.68. The molecule has 0 bridgehead atoms. The van der Waals surface area contributed by atoms with E-state index in [2.05, 4.69) is 10.2 Å². The van der Waals surface area contributed by atoms with E-state index in [1.165, 1.54) is 19.1 Å². The fourth-order valence-electron chi connectivity index (χ4n) is 4.66. The van der Waals surface area contributed by atoms with E-state index in [-0.39, 0.29) is 24.2 Å². The molecule has 1 amide bonds. The molecule has 1 heterocycles. The van der Waals surface area contributed by atoms with E-state index in [9.17, 15) is 22.8 Å². The minimum absolute atomic E-state index is 0.0257. The van der Waals surface area contributed by atoms with Crippen LogP contribution < -0.4 is 10.2 Å². The zero-order valence-electron chi connectivity index (χ0n) is 18.8. The van der Waals surface area contributed by atoms with Gasteiger partial charge in [-0.3, -0.25) is 9.69 Å². The van der Waals surface area contributed by atoms with Gasteiger partial charge >= 0.3 is 6.18 Å². The van der Waals surface area contributed by atoms with Crippen molar-refractivity contribution in [1.29, 1.82) is 0 Å². The molecule has 32 heavy (non-hydrogen) atoms. The fourth-order valence-corrected chi connectivity index (χ4v) is 4.66. The maximum atomic E-state index is 13.0. The molecule has 3 rings (SSSR count). The molecule has 0 unspecified atom stereocenters. The van der Waals surface area contributed by atoms with E-state index in [4.69, 9.17) is 0 Å². The van der Waals surface area contributed by atoms with Gasteiger partial charge in [0.2, 0.25) is 5.91 Å². The van der Waals surface area contributed by atoms with Crippen molar-refractivity contribution < 1.29 is 22.8 Å². The van der Waals surface area contributed by atoms with Crippen LogP contribution in [0, 0.1) is 5.92 Å². The molecule has 1 saturated carbocycles. The lowest BCUT2D eigenvalue weighted by Gasteiger charge is -2.37. The quantitative estimate of drug-likeness (QED) is 0.639. The molecule has 1 aliphatic heterocycles. The Morgan fingerprint density at radius 3 is 2.34 bits per heavy atom. The highest BCUT2D eigenvalue weighted by Gasteiger charge is 2.31. The lowest BCUT2D eigenvalue weighted by Crippen LogP contribution is -2.47. The van der Waals surface area contributed by atoms with Crippen LogP contribution in [0.25, 0.3) is 0 Å². The van der Waals surface area contributed by atoms with Gasteiger partial charge in [-0.05, 0) is 69.7 Å². The van der Waals surface area contributed by atoms with Gasteiger partial charge in [0.15, 0.2) is 0 Å². The summed E-state index contributed by atoms with van der Waals surface area (Å²) in [6.45, 7) is 5.71. The number of amides is 1. The average Bonchev–Trinajstić information content (AvgIpc) is 2.77. The summed E-state index contributed by atoms with van der Waals surface area (Å²) in [6.07, 6.45) is 1.57. The molecule has 178 valence electrons. The molecule has 2 fully saturated rings. The highest BCUT2D eigenvalue weighted by atomic mass is 19.4. The number of nitrogens with zero attached hydrogens (tertiary/aromatic N) is 2. The summed E-state index contributed by atoms with van der Waals surface area (Å²) in [5, 5.41) is 3.06. The van der Waals surface area contributed by atoms with Gasteiger partial charge < -0.3 is 15.0 Å². The Morgan fingerprint density at radius 1 is 1.03 bits per heavy atom. The summed E-state index contributed by atoms with van der Waals surface area (Å²) in [5.74, 6) is 0.670. The SMILES string of the molecule is CC(=O)CCC(=O)N[C@H]1CC[C@H](CCN2CCN(c3cccc(C(F)(F)F)c3)CC2)CC1. The third-order valence-electron chi connectivity index (χ3n) is 6.68. The monoisotopic (exact) mass is 453 g/mol. The van der Waals surface area contributed by atoms with Gasteiger partial charge in [0.25, 0.3) is 0 Å². The summed E-state index contributed by atoms with van der Waals surface area (Å²) in [4.78, 5) is 27.3. The van der Waals surface area contributed by atoms with E-state index in [0.717, 1.165) is 70.9 Å². The first-order valence-corrected chi connectivity index (χ1v) is 11.6. The maximum Gasteiger partial charge on any atom is 0.416 e. The molecule has 1 aromatic rings. The highest BCUT2D eigenvalue weighted by Crippen LogP contribution is 2.32. The molecule has 1 saturated heterocycles. The third kappa shape index (κ3) is 7.50. The number of halogens is 3. The molecule has 0 aromatic heterocycles. The van der Waals surface area contributed by atoms with Crippen LogP contribution in [0.15, 0.2) is 24.3 Å². The largest absolute Gasteiger partial charge is 0.416 e. The minimum atomic E-state index is -4.31. The molecule has 1 aliphatic carbocycles. The number of alkyl halides is 3. The molecule has 0 atom stereocenters. The number of benzene rings is 1. The van der Waals surface area contributed by atoms with E-state index >= 15 is 0 Å². The van der Waals surface area contributed by atoms with E-state index in [1.807, 2.05) is 4.90 Å². The summed E-state index contributed by atoms with van der Waals surface area (Å²) >= 11 is 0. The van der Waals surface area contributed by atoms with Crippen molar-refractivity contribution in [2.75, 3.05) is 37.6 Å². The van der Waals surface area contributed by atoms with Crippen LogP contribution in [0.4, 0.5) is 18.9 Å². The Hall–Kier alpha value is -2.09. The lowest BCUT2D eigenvalue weighted by molar-refractivity contribution is -0.137. The predicted molar refractivity (Wildman–Crippen MR) is 119 cm³/mol.